The largest absolute Gasteiger partial charge is 0.496 e. The van der Waals surface area contributed by atoms with Crippen LogP contribution < -0.4 is 15.4 Å². The molecule has 0 unspecified atom stereocenters. The van der Waals surface area contributed by atoms with E-state index in [1.807, 2.05) is 18.2 Å². The third kappa shape index (κ3) is 4.21. The van der Waals surface area contributed by atoms with Crippen molar-refractivity contribution in [2.45, 2.75) is 44.2 Å². The second kappa shape index (κ2) is 9.01. The second-order valence-electron chi connectivity index (χ2n) is 9.20. The van der Waals surface area contributed by atoms with Gasteiger partial charge in [0.15, 0.2) is 0 Å². The molecule has 2 saturated heterocycles. The van der Waals surface area contributed by atoms with E-state index in [0.29, 0.717) is 29.9 Å². The van der Waals surface area contributed by atoms with Crippen LogP contribution in [0.3, 0.4) is 0 Å². The van der Waals surface area contributed by atoms with Crippen LogP contribution in [0, 0.1) is 5.92 Å². The van der Waals surface area contributed by atoms with E-state index in [0.717, 1.165) is 38.3 Å². The first-order chi connectivity index (χ1) is 15.2. The average molecular weight is 420 g/mol. The molecular weight excluding hydrogens is 386 g/mol. The summed E-state index contributed by atoms with van der Waals surface area (Å²) in [6.45, 7) is 4.03. The van der Waals surface area contributed by atoms with Crippen molar-refractivity contribution in [2.24, 2.45) is 5.92 Å². The molecule has 3 aliphatic rings. The van der Waals surface area contributed by atoms with Crippen molar-refractivity contribution < 1.29 is 9.53 Å². The van der Waals surface area contributed by atoms with Crippen molar-refractivity contribution in [1.29, 1.82) is 0 Å². The minimum atomic E-state index is -0.0443. The van der Waals surface area contributed by atoms with Gasteiger partial charge in [0, 0.05) is 31.7 Å². The van der Waals surface area contributed by atoms with Gasteiger partial charge in [-0.05, 0) is 73.4 Å². The van der Waals surface area contributed by atoms with E-state index in [1.165, 1.54) is 36.1 Å². The zero-order valence-corrected chi connectivity index (χ0v) is 18.4. The van der Waals surface area contributed by atoms with Gasteiger partial charge in [-0.2, -0.15) is 0 Å². The molecule has 31 heavy (non-hydrogen) atoms. The molecule has 0 spiro atoms. The molecule has 0 aliphatic carbocycles. The molecule has 0 bridgehead atoms. The van der Waals surface area contributed by atoms with E-state index in [1.54, 1.807) is 7.11 Å². The lowest BCUT2D eigenvalue weighted by atomic mass is 9.77. The Balaban J connectivity index is 1.35. The lowest BCUT2D eigenvalue weighted by molar-refractivity contribution is 0.0551. The highest BCUT2D eigenvalue weighted by atomic mass is 16.5. The first-order valence-corrected chi connectivity index (χ1v) is 11.7. The molecule has 5 heteroatoms. The zero-order valence-electron chi connectivity index (χ0n) is 18.4. The number of nitrogens with zero attached hydrogens (tertiary/aromatic N) is 1. The number of hydrogen-bond acceptors (Lipinski definition) is 4. The average Bonchev–Trinajstić information content (AvgIpc) is 2.82. The predicted molar refractivity (Wildman–Crippen MR) is 123 cm³/mol. The summed E-state index contributed by atoms with van der Waals surface area (Å²) in [6.07, 6.45) is 5.62. The SMILES string of the molecule is COc1cc2c(cc1C(=O)NCCc1ccccc1)[C@@H]1C[C@@H]3NCCC[C@@H]3CN1CC2. The van der Waals surface area contributed by atoms with E-state index in [9.17, 15) is 4.79 Å². The molecule has 5 nitrogen and oxygen atoms in total. The summed E-state index contributed by atoms with van der Waals surface area (Å²) in [5.74, 6) is 1.41. The maximum absolute atomic E-state index is 13.1. The fourth-order valence-electron chi connectivity index (χ4n) is 5.74. The molecule has 0 radical (unpaired) electrons. The Kier molecular flexibility index (Phi) is 5.97. The minimum Gasteiger partial charge on any atom is -0.496 e. The number of carbonyl (C=O) groups is 1. The Hall–Kier alpha value is -2.37. The standard InChI is InChI=1S/C26H33N3O2/c1-31-25-14-19-10-13-29-17-20-8-5-11-27-23(20)16-24(29)21(19)15-22(25)26(30)28-12-9-18-6-3-2-4-7-18/h2-4,6-7,14-15,20,23-24,27H,5,8-13,16-17H2,1H3,(H,28,30)/t20-,23+,24+/m1/s1. The molecule has 2 aromatic carbocycles. The first kappa shape index (κ1) is 20.5. The zero-order chi connectivity index (χ0) is 21.2. The Bertz CT molecular complexity index is 930. The summed E-state index contributed by atoms with van der Waals surface area (Å²) in [4.78, 5) is 15.7. The normalized spacial score (nSPS) is 25.1. The van der Waals surface area contributed by atoms with Crippen molar-refractivity contribution in [1.82, 2.24) is 15.5 Å². The van der Waals surface area contributed by atoms with Crippen LogP contribution in [0.5, 0.6) is 5.75 Å². The highest BCUT2D eigenvalue weighted by Gasteiger charge is 2.40. The molecule has 5 rings (SSSR count). The van der Waals surface area contributed by atoms with Gasteiger partial charge in [0.1, 0.15) is 5.75 Å². The maximum atomic E-state index is 13.1. The Morgan fingerprint density at radius 1 is 1.26 bits per heavy atom. The Labute approximate surface area is 185 Å². The van der Waals surface area contributed by atoms with E-state index in [-0.39, 0.29) is 5.91 Å². The third-order valence-electron chi connectivity index (χ3n) is 7.39. The van der Waals surface area contributed by atoms with E-state index in [2.05, 4.69) is 39.8 Å². The fraction of sp³-hybridized carbons (Fsp3) is 0.500. The van der Waals surface area contributed by atoms with Crippen molar-refractivity contribution >= 4 is 5.91 Å². The molecule has 2 N–H and O–H groups in total. The number of amides is 1. The molecule has 1 amide bonds. The number of hydrogen-bond donors (Lipinski definition) is 2. The third-order valence-corrected chi connectivity index (χ3v) is 7.39. The fourth-order valence-corrected chi connectivity index (χ4v) is 5.74. The van der Waals surface area contributed by atoms with Crippen LogP contribution in [0.4, 0.5) is 0 Å². The lowest BCUT2D eigenvalue weighted by Crippen LogP contribution is -2.54. The Morgan fingerprint density at radius 2 is 2.13 bits per heavy atom. The molecular formula is C26H33N3O2. The maximum Gasteiger partial charge on any atom is 0.255 e. The summed E-state index contributed by atoms with van der Waals surface area (Å²) in [6, 6.07) is 15.5. The topological polar surface area (TPSA) is 53.6 Å². The van der Waals surface area contributed by atoms with Crippen molar-refractivity contribution in [3.8, 4) is 5.75 Å². The minimum absolute atomic E-state index is 0.0443. The van der Waals surface area contributed by atoms with Crippen LogP contribution in [0.1, 0.15) is 52.4 Å². The van der Waals surface area contributed by atoms with Crippen molar-refractivity contribution in [3.63, 3.8) is 0 Å². The summed E-state index contributed by atoms with van der Waals surface area (Å²) >= 11 is 0. The number of methoxy groups -OCH3 is 1. The van der Waals surface area contributed by atoms with Gasteiger partial charge in [-0.1, -0.05) is 30.3 Å². The monoisotopic (exact) mass is 419 g/mol. The number of ether oxygens (including phenoxy) is 1. The van der Waals surface area contributed by atoms with Gasteiger partial charge < -0.3 is 15.4 Å². The van der Waals surface area contributed by atoms with Crippen molar-refractivity contribution in [3.05, 3.63) is 64.7 Å². The quantitative estimate of drug-likeness (QED) is 0.781. The molecule has 3 atom stereocenters. The summed E-state index contributed by atoms with van der Waals surface area (Å²) in [5, 5.41) is 6.86. The van der Waals surface area contributed by atoms with Crippen LogP contribution in [0.25, 0.3) is 0 Å². The summed E-state index contributed by atoms with van der Waals surface area (Å²) in [7, 11) is 1.66. The van der Waals surface area contributed by atoms with E-state index in [4.69, 9.17) is 4.74 Å². The number of fused-ring (bicyclic) bond motifs is 4. The summed E-state index contributed by atoms with van der Waals surface area (Å²) in [5.41, 5.74) is 4.56. The van der Waals surface area contributed by atoms with E-state index >= 15 is 0 Å². The molecule has 0 aromatic heterocycles. The molecule has 2 aromatic rings. The van der Waals surface area contributed by atoms with Gasteiger partial charge in [0.25, 0.3) is 5.91 Å². The van der Waals surface area contributed by atoms with Crippen LogP contribution >= 0.6 is 0 Å². The van der Waals surface area contributed by atoms with Crippen LogP contribution in [-0.2, 0) is 12.8 Å². The highest BCUT2D eigenvalue weighted by Crippen LogP contribution is 2.42. The van der Waals surface area contributed by atoms with Gasteiger partial charge in [0.2, 0.25) is 0 Å². The van der Waals surface area contributed by atoms with Crippen LogP contribution in [-0.4, -0.2) is 50.1 Å². The molecule has 3 aliphatic heterocycles. The van der Waals surface area contributed by atoms with Crippen molar-refractivity contribution in [2.75, 3.05) is 33.3 Å². The van der Waals surface area contributed by atoms with E-state index < -0.39 is 0 Å². The second-order valence-corrected chi connectivity index (χ2v) is 9.20. The lowest BCUT2D eigenvalue weighted by Gasteiger charge is -2.49. The van der Waals surface area contributed by atoms with Gasteiger partial charge in [-0.3, -0.25) is 9.69 Å². The Morgan fingerprint density at radius 3 is 2.97 bits per heavy atom. The number of benzene rings is 2. The number of rotatable bonds is 5. The van der Waals surface area contributed by atoms with Crippen LogP contribution in [0.2, 0.25) is 0 Å². The van der Waals surface area contributed by atoms with Gasteiger partial charge in [0.05, 0.1) is 12.7 Å². The molecule has 3 heterocycles. The van der Waals surface area contributed by atoms with Gasteiger partial charge in [-0.15, -0.1) is 0 Å². The first-order valence-electron chi connectivity index (χ1n) is 11.7. The van der Waals surface area contributed by atoms with Gasteiger partial charge in [-0.25, -0.2) is 0 Å². The summed E-state index contributed by atoms with van der Waals surface area (Å²) < 4.78 is 5.63. The highest BCUT2D eigenvalue weighted by molar-refractivity contribution is 5.97. The number of nitrogens with one attached hydrogen (secondary N) is 2. The number of piperidine rings is 2. The number of carbonyl (C=O) groups excluding carboxylic acids is 1. The molecule has 0 saturated carbocycles. The predicted octanol–water partition coefficient (Wildman–Crippen LogP) is 3.34. The smallest absolute Gasteiger partial charge is 0.255 e. The van der Waals surface area contributed by atoms with Gasteiger partial charge >= 0.3 is 0 Å². The van der Waals surface area contributed by atoms with Crippen LogP contribution in [0.15, 0.2) is 42.5 Å². The molecule has 2 fully saturated rings. The molecule has 164 valence electrons.